The first-order valence-electron chi connectivity index (χ1n) is 14.7. The van der Waals surface area contributed by atoms with Crippen LogP contribution in [0.5, 0.6) is 11.6 Å². The number of fused-ring (bicyclic) bond motifs is 3. The first kappa shape index (κ1) is 26.9. The topological polar surface area (TPSA) is 99.8 Å². The second kappa shape index (κ2) is 10.1. The predicted molar refractivity (Wildman–Crippen MR) is 158 cm³/mol. The van der Waals surface area contributed by atoms with E-state index in [1.807, 2.05) is 16.4 Å². The monoisotopic (exact) mass is 570 g/mol. The van der Waals surface area contributed by atoms with E-state index >= 15 is 0 Å². The number of nitrogens with zero attached hydrogens (tertiary/aromatic N) is 6. The van der Waals surface area contributed by atoms with Gasteiger partial charge in [0.15, 0.2) is 11.2 Å². The largest absolute Gasteiger partial charge is 0.508 e. The van der Waals surface area contributed by atoms with Crippen LogP contribution in [0.2, 0.25) is 0 Å². The molecule has 2 aromatic heterocycles. The zero-order valence-corrected chi connectivity index (χ0v) is 23.8. The fourth-order valence-electron chi connectivity index (χ4n) is 7.28. The van der Waals surface area contributed by atoms with Crippen LogP contribution in [0.15, 0.2) is 30.6 Å². The minimum Gasteiger partial charge on any atom is -0.508 e. The van der Waals surface area contributed by atoms with E-state index in [1.54, 1.807) is 24.5 Å². The van der Waals surface area contributed by atoms with Crippen molar-refractivity contribution in [1.29, 1.82) is 0 Å². The number of phenolic OH excluding ortho intramolecular Hbond substituents is 1. The van der Waals surface area contributed by atoms with Gasteiger partial charge < -0.3 is 24.4 Å². The third-order valence-electron chi connectivity index (χ3n) is 9.28. The molecule has 2 aromatic carbocycles. The molecule has 1 atom stereocenters. The summed E-state index contributed by atoms with van der Waals surface area (Å²) >= 11 is 0. The third kappa shape index (κ3) is 4.61. The van der Waals surface area contributed by atoms with Crippen molar-refractivity contribution in [3.05, 3.63) is 47.5 Å². The smallest absolute Gasteiger partial charge is 0.247 e. The number of aliphatic hydroxyl groups is 1. The van der Waals surface area contributed by atoms with Gasteiger partial charge in [-0.25, -0.2) is 9.37 Å². The van der Waals surface area contributed by atoms with Gasteiger partial charge in [-0.2, -0.15) is 9.97 Å². The fraction of sp³-hybridized carbons (Fsp3) is 0.469. The number of hydrogen-bond donors (Lipinski definition) is 2. The Morgan fingerprint density at radius 2 is 1.88 bits per heavy atom. The van der Waals surface area contributed by atoms with Gasteiger partial charge in [-0.1, -0.05) is 12.0 Å². The highest BCUT2D eigenvalue weighted by atomic mass is 19.1. The van der Waals surface area contributed by atoms with Gasteiger partial charge in [0.1, 0.15) is 18.2 Å². The van der Waals surface area contributed by atoms with Crippen LogP contribution < -0.4 is 9.64 Å². The number of ether oxygens (including phenoxy) is 1. The lowest BCUT2D eigenvalue weighted by Gasteiger charge is -2.37. The second-order valence-electron chi connectivity index (χ2n) is 12.4. The van der Waals surface area contributed by atoms with Crippen LogP contribution in [0, 0.1) is 18.2 Å². The van der Waals surface area contributed by atoms with E-state index in [4.69, 9.17) is 21.1 Å². The summed E-state index contributed by atoms with van der Waals surface area (Å²) in [6.07, 6.45) is 13.5. The molecule has 0 amide bonds. The van der Waals surface area contributed by atoms with E-state index in [0.717, 1.165) is 38.9 Å². The average Bonchev–Trinajstić information content (AvgIpc) is 3.66. The predicted octanol–water partition coefficient (Wildman–Crippen LogP) is 4.21. The Balaban J connectivity index is 1.32. The third-order valence-corrected chi connectivity index (χ3v) is 9.28. The van der Waals surface area contributed by atoms with Crippen molar-refractivity contribution < 1.29 is 19.3 Å². The molecular weight excluding hydrogens is 535 g/mol. The van der Waals surface area contributed by atoms with E-state index in [0.29, 0.717) is 58.9 Å². The lowest BCUT2D eigenvalue weighted by Crippen LogP contribution is -2.47. The number of phenols is 1. The van der Waals surface area contributed by atoms with Crippen molar-refractivity contribution in [2.75, 3.05) is 37.7 Å². The number of benzene rings is 2. The number of aromatic nitrogens is 4. The molecule has 7 rings (SSSR count). The molecule has 3 aliphatic rings. The van der Waals surface area contributed by atoms with Gasteiger partial charge in [0, 0.05) is 18.5 Å². The van der Waals surface area contributed by atoms with Gasteiger partial charge >= 0.3 is 0 Å². The molecular formula is C32H35FN6O3. The maximum atomic E-state index is 14.7. The number of halogens is 1. The molecule has 42 heavy (non-hydrogen) atoms. The van der Waals surface area contributed by atoms with Gasteiger partial charge in [-0.05, 0) is 87.7 Å². The molecule has 3 aliphatic heterocycles. The Bertz CT molecular complexity index is 1720. The number of terminal acetylenes is 1. The number of imidazole rings is 1. The van der Waals surface area contributed by atoms with Gasteiger partial charge in [0.25, 0.3) is 0 Å². The number of β-amino-alcohol motifs (C(OH)–C–C–N with tert-alkyl or cyclic N) is 1. The van der Waals surface area contributed by atoms with Crippen LogP contribution in [0.4, 0.5) is 10.3 Å². The Labute approximate surface area is 244 Å². The molecule has 3 fully saturated rings. The molecule has 0 aliphatic carbocycles. The number of piperidine rings is 1. The molecule has 2 N–H and O–H groups in total. The van der Waals surface area contributed by atoms with Crippen molar-refractivity contribution in [3.63, 3.8) is 0 Å². The Hall–Kier alpha value is -3.94. The Kier molecular flexibility index (Phi) is 6.48. The summed E-state index contributed by atoms with van der Waals surface area (Å²) in [6, 6.07) is 6.11. The number of anilines is 1. The molecule has 0 radical (unpaired) electrons. The summed E-state index contributed by atoms with van der Waals surface area (Å²) in [6.45, 7) is 5.94. The van der Waals surface area contributed by atoms with Gasteiger partial charge in [0.05, 0.1) is 29.6 Å². The minimum atomic E-state index is -0.846. The lowest BCUT2D eigenvalue weighted by molar-refractivity contribution is 0.0444. The maximum Gasteiger partial charge on any atom is 0.247 e. The van der Waals surface area contributed by atoms with Crippen LogP contribution in [-0.2, 0) is 6.54 Å². The number of hydrogen-bond acceptors (Lipinski definition) is 8. The van der Waals surface area contributed by atoms with E-state index in [1.165, 1.54) is 18.9 Å². The van der Waals surface area contributed by atoms with Gasteiger partial charge in [-0.15, -0.1) is 6.42 Å². The lowest BCUT2D eigenvalue weighted by atomic mass is 9.95. The van der Waals surface area contributed by atoms with Crippen LogP contribution in [0.25, 0.3) is 21.9 Å². The molecule has 9 nitrogen and oxygen atoms in total. The van der Waals surface area contributed by atoms with Crippen LogP contribution in [0.1, 0.15) is 56.6 Å². The quantitative estimate of drug-likeness (QED) is 0.333. The molecule has 3 saturated heterocycles. The first-order valence-corrected chi connectivity index (χ1v) is 14.7. The highest BCUT2D eigenvalue weighted by Gasteiger charge is 2.45. The highest BCUT2D eigenvalue weighted by molar-refractivity contribution is 5.92. The maximum absolute atomic E-state index is 14.7. The van der Waals surface area contributed by atoms with Crippen molar-refractivity contribution in [1.82, 2.24) is 24.4 Å². The summed E-state index contributed by atoms with van der Waals surface area (Å²) < 4.78 is 23.1. The van der Waals surface area contributed by atoms with Crippen molar-refractivity contribution in [2.24, 2.45) is 0 Å². The number of aromatic hydroxyl groups is 1. The molecule has 0 spiro atoms. The SMILES string of the molecule is C#Cc1c(F)ccc2cc(O)cc(Cn3cnc4c(OCC56CCCN5CCC6)nc(N5CCC[C@@](C)(O)C5)nc43)c12. The van der Waals surface area contributed by atoms with Crippen molar-refractivity contribution in [3.8, 4) is 24.0 Å². The minimum absolute atomic E-state index is 0.0327. The fourth-order valence-corrected chi connectivity index (χ4v) is 7.28. The average molecular weight is 571 g/mol. The molecule has 0 saturated carbocycles. The molecule has 5 heterocycles. The molecule has 0 unspecified atom stereocenters. The molecule has 0 bridgehead atoms. The van der Waals surface area contributed by atoms with Gasteiger partial charge in [0.2, 0.25) is 11.8 Å². The van der Waals surface area contributed by atoms with Crippen LogP contribution in [-0.4, -0.2) is 78.6 Å². The molecule has 10 heteroatoms. The second-order valence-corrected chi connectivity index (χ2v) is 12.4. The summed E-state index contributed by atoms with van der Waals surface area (Å²) in [4.78, 5) is 19.0. The first-order chi connectivity index (χ1) is 20.2. The Morgan fingerprint density at radius 3 is 2.64 bits per heavy atom. The van der Waals surface area contributed by atoms with Crippen molar-refractivity contribution in [2.45, 2.75) is 63.1 Å². The summed E-state index contributed by atoms with van der Waals surface area (Å²) in [5.41, 5.74) is 1.08. The zero-order valence-electron chi connectivity index (χ0n) is 23.8. The molecule has 218 valence electrons. The van der Waals surface area contributed by atoms with Crippen LogP contribution >= 0.6 is 0 Å². The van der Waals surface area contributed by atoms with Crippen LogP contribution in [0.3, 0.4) is 0 Å². The standard InChI is InChI=1S/C32H35FN6O3/c1-3-24-25(33)8-7-21-15-23(40)16-22(26(21)24)17-38-20-34-27-28(38)35-30(37-12-4-9-31(2,41)18-37)36-29(27)42-19-32-10-5-13-39(32)14-6-11-32/h1,7-8,15-16,20,40-41H,4-6,9-14,17-19H2,2H3/t31-/m1/s1. The van der Waals surface area contributed by atoms with E-state index in [2.05, 4.69) is 15.8 Å². The highest BCUT2D eigenvalue weighted by Crippen LogP contribution is 2.40. The van der Waals surface area contributed by atoms with E-state index < -0.39 is 11.4 Å². The van der Waals surface area contributed by atoms with E-state index in [9.17, 15) is 14.6 Å². The van der Waals surface area contributed by atoms with E-state index in [-0.39, 0.29) is 23.4 Å². The zero-order chi connectivity index (χ0) is 29.1. The normalized spacial score (nSPS) is 22.1. The van der Waals surface area contributed by atoms with Gasteiger partial charge in [-0.3, -0.25) is 4.90 Å². The summed E-state index contributed by atoms with van der Waals surface area (Å²) in [5.74, 6) is 2.95. The summed E-state index contributed by atoms with van der Waals surface area (Å²) in [5, 5.41) is 22.5. The summed E-state index contributed by atoms with van der Waals surface area (Å²) in [7, 11) is 0. The molecule has 4 aromatic rings. The Morgan fingerprint density at radius 1 is 1.10 bits per heavy atom. The van der Waals surface area contributed by atoms with Crippen molar-refractivity contribution >= 4 is 27.9 Å². The number of rotatable bonds is 6.